The van der Waals surface area contributed by atoms with Crippen LogP contribution in [0.1, 0.15) is 21.5 Å². The van der Waals surface area contributed by atoms with Crippen LogP contribution >= 0.6 is 0 Å². The Bertz CT molecular complexity index is 965. The molecule has 0 saturated heterocycles. The molecule has 0 bridgehead atoms. The van der Waals surface area contributed by atoms with Gasteiger partial charge in [0.2, 0.25) is 0 Å². The molecule has 3 rings (SSSR count). The fourth-order valence-corrected chi connectivity index (χ4v) is 2.41. The number of aromatic nitrogens is 2. The fourth-order valence-electron chi connectivity index (χ4n) is 2.41. The van der Waals surface area contributed by atoms with Crippen LogP contribution in [0.15, 0.2) is 65.7 Å². The van der Waals surface area contributed by atoms with Crippen LogP contribution in [0.2, 0.25) is 0 Å². The first-order valence-electron chi connectivity index (χ1n) is 7.71. The summed E-state index contributed by atoms with van der Waals surface area (Å²) in [5.74, 6) is -0.468. The molecule has 2 heterocycles. The molecule has 0 aliphatic carbocycles. The molecule has 126 valence electrons. The van der Waals surface area contributed by atoms with Crippen LogP contribution in [0.3, 0.4) is 0 Å². The second kappa shape index (κ2) is 7.09. The first-order chi connectivity index (χ1) is 12.0. The monoisotopic (exact) mass is 337 g/mol. The molecule has 1 N–H and O–H groups in total. The summed E-state index contributed by atoms with van der Waals surface area (Å²) in [5.41, 5.74) is 1.32. The third-order valence-electron chi connectivity index (χ3n) is 3.69. The van der Waals surface area contributed by atoms with Gasteiger partial charge >= 0.3 is 0 Å². The maximum absolute atomic E-state index is 13.0. The highest BCUT2D eigenvalue weighted by atomic mass is 19.1. The van der Waals surface area contributed by atoms with E-state index in [2.05, 4.69) is 10.3 Å². The lowest BCUT2D eigenvalue weighted by Crippen LogP contribution is -2.29. The van der Waals surface area contributed by atoms with E-state index in [1.165, 1.54) is 22.8 Å². The lowest BCUT2D eigenvalue weighted by Gasteiger charge is -2.09. The van der Waals surface area contributed by atoms with Crippen molar-refractivity contribution in [2.45, 2.75) is 13.5 Å². The molecular weight excluding hydrogens is 321 g/mol. The van der Waals surface area contributed by atoms with Gasteiger partial charge in [-0.05, 0) is 54.4 Å². The Hall–Kier alpha value is -3.28. The average Bonchev–Trinajstić information content (AvgIpc) is 2.58. The molecule has 0 spiro atoms. The van der Waals surface area contributed by atoms with Gasteiger partial charge in [-0.3, -0.25) is 9.59 Å². The van der Waals surface area contributed by atoms with Crippen LogP contribution in [0, 0.1) is 12.7 Å². The third kappa shape index (κ3) is 3.98. The summed E-state index contributed by atoms with van der Waals surface area (Å²) in [6.07, 6.45) is 3.18. The SMILES string of the molecule is Cc1ccnc(NC(=O)c2cccn(Cc3ccc(F)cc3)c2=O)c1. The number of nitrogens with zero attached hydrogens (tertiary/aromatic N) is 2. The predicted octanol–water partition coefficient (Wildman–Crippen LogP) is 2.99. The number of nitrogens with one attached hydrogen (secondary N) is 1. The number of aryl methyl sites for hydroxylation is 1. The minimum Gasteiger partial charge on any atom is -0.310 e. The summed E-state index contributed by atoms with van der Waals surface area (Å²) in [4.78, 5) is 29.0. The summed E-state index contributed by atoms with van der Waals surface area (Å²) < 4.78 is 14.4. The first kappa shape index (κ1) is 16.6. The van der Waals surface area contributed by atoms with Crippen molar-refractivity contribution in [2.75, 3.05) is 5.32 Å². The van der Waals surface area contributed by atoms with E-state index in [-0.39, 0.29) is 17.9 Å². The Morgan fingerprint density at radius 1 is 1.20 bits per heavy atom. The highest BCUT2D eigenvalue weighted by Crippen LogP contribution is 2.08. The first-order valence-corrected chi connectivity index (χ1v) is 7.71. The molecule has 0 saturated carbocycles. The molecule has 0 unspecified atom stereocenters. The summed E-state index contributed by atoms with van der Waals surface area (Å²) in [7, 11) is 0. The van der Waals surface area contributed by atoms with Gasteiger partial charge in [0.15, 0.2) is 0 Å². The minimum absolute atomic E-state index is 0.0212. The van der Waals surface area contributed by atoms with Crippen molar-refractivity contribution in [2.24, 2.45) is 0 Å². The summed E-state index contributed by atoms with van der Waals surface area (Å²) >= 11 is 0. The average molecular weight is 337 g/mol. The lowest BCUT2D eigenvalue weighted by atomic mass is 10.2. The van der Waals surface area contributed by atoms with Crippen molar-refractivity contribution in [3.05, 3.63) is 93.8 Å². The fraction of sp³-hybridized carbons (Fsp3) is 0.105. The van der Waals surface area contributed by atoms with Crippen LogP contribution in [-0.4, -0.2) is 15.5 Å². The van der Waals surface area contributed by atoms with Gasteiger partial charge in [0.05, 0.1) is 6.54 Å². The molecule has 0 fully saturated rings. The van der Waals surface area contributed by atoms with Crippen molar-refractivity contribution in [3.63, 3.8) is 0 Å². The number of halogens is 1. The zero-order valence-corrected chi connectivity index (χ0v) is 13.6. The predicted molar refractivity (Wildman–Crippen MR) is 93.1 cm³/mol. The number of carbonyl (C=O) groups excluding carboxylic acids is 1. The molecule has 1 amide bonds. The van der Waals surface area contributed by atoms with Gasteiger partial charge in [0.25, 0.3) is 11.5 Å². The Morgan fingerprint density at radius 2 is 1.96 bits per heavy atom. The van der Waals surface area contributed by atoms with Gasteiger partial charge < -0.3 is 9.88 Å². The molecular formula is C19H16FN3O2. The number of amides is 1. The van der Waals surface area contributed by atoms with Crippen LogP contribution in [0.4, 0.5) is 10.2 Å². The largest absolute Gasteiger partial charge is 0.310 e. The zero-order chi connectivity index (χ0) is 17.8. The van der Waals surface area contributed by atoms with Crippen LogP contribution in [0.5, 0.6) is 0 Å². The van der Waals surface area contributed by atoms with E-state index in [1.807, 2.05) is 13.0 Å². The van der Waals surface area contributed by atoms with Gasteiger partial charge in [-0.15, -0.1) is 0 Å². The van der Waals surface area contributed by atoms with E-state index >= 15 is 0 Å². The lowest BCUT2D eigenvalue weighted by molar-refractivity contribution is 0.102. The van der Waals surface area contributed by atoms with Gasteiger partial charge in [-0.25, -0.2) is 9.37 Å². The minimum atomic E-state index is -0.517. The smallest absolute Gasteiger partial charge is 0.263 e. The quantitative estimate of drug-likeness (QED) is 0.796. The van der Waals surface area contributed by atoms with Gasteiger partial charge in [0.1, 0.15) is 17.2 Å². The number of pyridine rings is 2. The maximum Gasteiger partial charge on any atom is 0.263 e. The van der Waals surface area contributed by atoms with Crippen molar-refractivity contribution in [1.29, 1.82) is 0 Å². The number of carbonyl (C=O) groups is 1. The van der Waals surface area contributed by atoms with Crippen LogP contribution < -0.4 is 10.9 Å². The number of rotatable bonds is 4. The van der Waals surface area contributed by atoms with E-state index in [0.29, 0.717) is 5.82 Å². The zero-order valence-electron chi connectivity index (χ0n) is 13.6. The molecule has 6 heteroatoms. The highest BCUT2D eigenvalue weighted by molar-refractivity contribution is 6.03. The molecule has 0 radical (unpaired) electrons. The molecule has 0 atom stereocenters. The molecule has 1 aromatic carbocycles. The molecule has 25 heavy (non-hydrogen) atoms. The van der Waals surface area contributed by atoms with Crippen molar-refractivity contribution in [3.8, 4) is 0 Å². The van der Waals surface area contributed by atoms with Crippen molar-refractivity contribution >= 4 is 11.7 Å². The number of hydrogen-bond acceptors (Lipinski definition) is 3. The maximum atomic E-state index is 13.0. The van der Waals surface area contributed by atoms with E-state index in [9.17, 15) is 14.0 Å². The topological polar surface area (TPSA) is 64.0 Å². The summed E-state index contributed by atoms with van der Waals surface area (Å²) in [5, 5.41) is 2.63. The Kier molecular flexibility index (Phi) is 4.70. The van der Waals surface area contributed by atoms with E-state index in [1.54, 1.807) is 36.7 Å². The van der Waals surface area contributed by atoms with E-state index in [4.69, 9.17) is 0 Å². The third-order valence-corrected chi connectivity index (χ3v) is 3.69. The second-order valence-electron chi connectivity index (χ2n) is 5.65. The van der Waals surface area contributed by atoms with Crippen molar-refractivity contribution < 1.29 is 9.18 Å². The normalized spacial score (nSPS) is 10.5. The van der Waals surface area contributed by atoms with Gasteiger partial charge in [-0.2, -0.15) is 0 Å². The standard InChI is InChI=1S/C19H16FN3O2/c1-13-8-9-21-17(11-13)22-18(24)16-3-2-10-23(19(16)25)12-14-4-6-15(20)7-5-14/h2-11H,12H2,1H3,(H,21,22,24). The molecule has 0 aliphatic rings. The summed E-state index contributed by atoms with van der Waals surface area (Å²) in [6, 6.07) is 12.5. The molecule has 2 aromatic heterocycles. The van der Waals surface area contributed by atoms with E-state index in [0.717, 1.165) is 11.1 Å². The van der Waals surface area contributed by atoms with E-state index < -0.39 is 11.5 Å². The van der Waals surface area contributed by atoms with Gasteiger partial charge in [0, 0.05) is 12.4 Å². The Balaban J connectivity index is 1.84. The molecule has 0 aliphatic heterocycles. The Labute approximate surface area is 143 Å². The Morgan fingerprint density at radius 3 is 2.68 bits per heavy atom. The molecule has 5 nitrogen and oxygen atoms in total. The van der Waals surface area contributed by atoms with Crippen molar-refractivity contribution in [1.82, 2.24) is 9.55 Å². The van der Waals surface area contributed by atoms with Crippen LogP contribution in [0.25, 0.3) is 0 Å². The number of anilines is 1. The number of hydrogen-bond donors (Lipinski definition) is 1. The molecule has 3 aromatic rings. The highest BCUT2D eigenvalue weighted by Gasteiger charge is 2.13. The number of benzene rings is 1. The van der Waals surface area contributed by atoms with Crippen LogP contribution in [-0.2, 0) is 6.54 Å². The second-order valence-corrected chi connectivity index (χ2v) is 5.65. The summed E-state index contributed by atoms with van der Waals surface area (Å²) in [6.45, 7) is 2.14. The van der Waals surface area contributed by atoms with Gasteiger partial charge in [-0.1, -0.05) is 12.1 Å².